The fraction of sp³-hybridized carbons (Fsp3) is 0.333. The number of pyridine rings is 1. The van der Waals surface area contributed by atoms with Crippen molar-refractivity contribution in [1.82, 2.24) is 14.8 Å². The molecule has 2 aromatic rings. The first-order chi connectivity index (χ1) is 13.0. The minimum absolute atomic E-state index is 0.0349. The molecule has 0 aliphatic carbocycles. The monoisotopic (exact) mass is 375 g/mol. The quantitative estimate of drug-likeness (QED) is 0.688. The van der Waals surface area contributed by atoms with Gasteiger partial charge in [0.1, 0.15) is 11.6 Å². The zero-order chi connectivity index (χ0) is 19.2. The molecule has 1 saturated heterocycles. The first kappa shape index (κ1) is 18.9. The third kappa shape index (κ3) is 5.05. The number of benzene rings is 1. The summed E-state index contributed by atoms with van der Waals surface area (Å²) >= 11 is 0. The Kier molecular flexibility index (Phi) is 6.05. The van der Waals surface area contributed by atoms with E-state index in [-0.39, 0.29) is 18.4 Å². The molecule has 1 aliphatic rings. The highest BCUT2D eigenvalue weighted by atomic mass is 19.1. The van der Waals surface area contributed by atoms with E-state index in [0.717, 1.165) is 0 Å². The number of ether oxygens (including phenoxy) is 1. The van der Waals surface area contributed by atoms with Crippen LogP contribution in [0.3, 0.4) is 0 Å². The van der Waals surface area contributed by atoms with Crippen molar-refractivity contribution < 1.29 is 19.0 Å². The summed E-state index contributed by atoms with van der Waals surface area (Å²) in [6.45, 7) is 3.27. The number of hydrogen-bond acceptors (Lipinski definition) is 6. The maximum Gasteiger partial charge on any atom is 0.323 e. The maximum atomic E-state index is 13.9. The zero-order valence-corrected chi connectivity index (χ0v) is 14.8. The summed E-state index contributed by atoms with van der Waals surface area (Å²) in [6.07, 6.45) is 1.47. The van der Waals surface area contributed by atoms with Crippen molar-refractivity contribution >= 4 is 17.5 Å². The molecule has 2 amide bonds. The Bertz CT molecular complexity index is 796. The fourth-order valence-electron chi connectivity index (χ4n) is 2.77. The molecule has 1 aliphatic heterocycles. The number of rotatable bonds is 5. The number of carbonyl (C=O) groups is 1. The molecule has 0 radical (unpaired) electrons. The summed E-state index contributed by atoms with van der Waals surface area (Å²) in [7, 11) is 0. The molecule has 2 heterocycles. The van der Waals surface area contributed by atoms with Crippen molar-refractivity contribution in [3.05, 3.63) is 42.3 Å². The van der Waals surface area contributed by atoms with Gasteiger partial charge in [-0.25, -0.2) is 14.2 Å². The van der Waals surface area contributed by atoms with Gasteiger partial charge in [-0.2, -0.15) is 0 Å². The van der Waals surface area contributed by atoms with Crippen LogP contribution in [0.25, 0.3) is 0 Å². The molecule has 0 unspecified atom stereocenters. The van der Waals surface area contributed by atoms with Gasteiger partial charge in [-0.3, -0.25) is 10.2 Å². The second kappa shape index (κ2) is 8.65. The molecule has 1 fully saturated rings. The van der Waals surface area contributed by atoms with E-state index in [4.69, 9.17) is 15.6 Å². The maximum absolute atomic E-state index is 13.9. The Morgan fingerprint density at radius 2 is 2.04 bits per heavy atom. The Hall–Kier alpha value is -2.91. The minimum atomic E-state index is -0.571. The van der Waals surface area contributed by atoms with Gasteiger partial charge in [0.2, 0.25) is 0 Å². The highest BCUT2D eigenvalue weighted by Gasteiger charge is 2.21. The van der Waals surface area contributed by atoms with Crippen LogP contribution in [-0.2, 0) is 0 Å². The number of urea groups is 1. The van der Waals surface area contributed by atoms with Crippen molar-refractivity contribution in [3.8, 4) is 11.5 Å². The van der Waals surface area contributed by atoms with E-state index in [1.165, 1.54) is 24.4 Å². The van der Waals surface area contributed by atoms with Gasteiger partial charge in [-0.05, 0) is 18.2 Å². The van der Waals surface area contributed by atoms with Crippen LogP contribution in [0, 0.1) is 5.82 Å². The molecule has 0 bridgehead atoms. The number of carbonyl (C=O) groups excluding carboxylic acids is 1. The number of nitrogens with two attached hydrogens (primary N) is 1. The lowest BCUT2D eigenvalue weighted by molar-refractivity contribution is 0.127. The lowest BCUT2D eigenvalue weighted by Gasteiger charge is -2.34. The Balaban J connectivity index is 1.60. The summed E-state index contributed by atoms with van der Waals surface area (Å²) < 4.78 is 19.4. The van der Waals surface area contributed by atoms with E-state index in [2.05, 4.69) is 15.2 Å². The lowest BCUT2D eigenvalue weighted by atomic mass is 10.3. The largest absolute Gasteiger partial charge is 0.454 e. The first-order valence-corrected chi connectivity index (χ1v) is 8.63. The number of hydrogen-bond donors (Lipinski definition) is 3. The van der Waals surface area contributed by atoms with E-state index >= 15 is 0 Å². The molecule has 8 nitrogen and oxygen atoms in total. The number of aromatic nitrogens is 1. The van der Waals surface area contributed by atoms with Gasteiger partial charge in [0.15, 0.2) is 11.6 Å². The first-order valence-electron chi connectivity index (χ1n) is 8.63. The molecule has 3 rings (SSSR count). The average molecular weight is 375 g/mol. The molecule has 0 atom stereocenters. The molecular formula is C18H22FN5O3. The van der Waals surface area contributed by atoms with Gasteiger partial charge in [0, 0.05) is 56.7 Å². The van der Waals surface area contributed by atoms with E-state index < -0.39 is 5.82 Å². The summed E-state index contributed by atoms with van der Waals surface area (Å²) in [5, 5.41) is 11.7. The van der Waals surface area contributed by atoms with E-state index in [0.29, 0.717) is 50.0 Å². The van der Waals surface area contributed by atoms with Crippen LogP contribution >= 0.6 is 0 Å². The summed E-state index contributed by atoms with van der Waals surface area (Å²) in [6, 6.07) is 6.99. The predicted octanol–water partition coefficient (Wildman–Crippen LogP) is 1.74. The number of halogens is 1. The van der Waals surface area contributed by atoms with Crippen LogP contribution in [0.1, 0.15) is 0 Å². The normalized spacial score (nSPS) is 14.8. The second-order valence-corrected chi connectivity index (χ2v) is 6.15. The highest BCUT2D eigenvalue weighted by molar-refractivity contribution is 5.88. The fourth-order valence-corrected chi connectivity index (χ4v) is 2.77. The van der Waals surface area contributed by atoms with E-state index in [9.17, 15) is 9.18 Å². The van der Waals surface area contributed by atoms with Crippen molar-refractivity contribution in [2.24, 2.45) is 0 Å². The minimum Gasteiger partial charge on any atom is -0.454 e. The van der Waals surface area contributed by atoms with E-state index in [1.807, 2.05) is 0 Å². The van der Waals surface area contributed by atoms with Crippen LogP contribution in [0.5, 0.6) is 11.5 Å². The van der Waals surface area contributed by atoms with Crippen molar-refractivity contribution in [1.29, 1.82) is 0 Å². The number of nitrogens with one attached hydrogen (secondary N) is 1. The average Bonchev–Trinajstić information content (AvgIpc) is 2.65. The molecule has 27 heavy (non-hydrogen) atoms. The van der Waals surface area contributed by atoms with Gasteiger partial charge < -0.3 is 20.5 Å². The molecule has 9 heteroatoms. The summed E-state index contributed by atoms with van der Waals surface area (Å²) in [5.74, 6) is 0.119. The molecule has 1 aromatic heterocycles. The molecule has 4 N–H and O–H groups in total. The van der Waals surface area contributed by atoms with Crippen LogP contribution in [-0.4, -0.2) is 65.3 Å². The smallest absolute Gasteiger partial charge is 0.323 e. The predicted molar refractivity (Wildman–Crippen MR) is 99.2 cm³/mol. The topological polar surface area (TPSA) is 104 Å². The number of amides is 2. The van der Waals surface area contributed by atoms with Crippen LogP contribution in [0.4, 0.5) is 20.7 Å². The van der Waals surface area contributed by atoms with Gasteiger partial charge in [-0.1, -0.05) is 0 Å². The lowest BCUT2D eigenvalue weighted by Crippen LogP contribution is -2.50. The van der Waals surface area contributed by atoms with E-state index in [1.54, 1.807) is 17.0 Å². The van der Waals surface area contributed by atoms with Gasteiger partial charge in [0.25, 0.3) is 0 Å². The molecule has 144 valence electrons. The number of nitrogens with zero attached hydrogens (tertiary/aromatic N) is 3. The van der Waals surface area contributed by atoms with Crippen LogP contribution in [0.2, 0.25) is 0 Å². The van der Waals surface area contributed by atoms with Crippen molar-refractivity contribution in [2.75, 3.05) is 50.4 Å². The Morgan fingerprint density at radius 1 is 1.26 bits per heavy atom. The number of aliphatic hydroxyl groups excluding tert-OH is 1. The Morgan fingerprint density at radius 3 is 2.74 bits per heavy atom. The molecule has 0 spiro atoms. The summed E-state index contributed by atoms with van der Waals surface area (Å²) in [4.78, 5) is 20.3. The Labute approximate surface area is 156 Å². The van der Waals surface area contributed by atoms with Crippen molar-refractivity contribution in [3.63, 3.8) is 0 Å². The zero-order valence-electron chi connectivity index (χ0n) is 14.8. The number of β-amino-alcohol motifs (C(OH)–C–C–N with tert-alkyl or cyclic N) is 1. The molecule has 0 saturated carbocycles. The van der Waals surface area contributed by atoms with Crippen LogP contribution < -0.4 is 15.8 Å². The standard InChI is InChI=1S/C18H22FN5O3/c19-15-11-13(20)1-2-16(15)27-14-3-4-21-17(12-14)22-18(26)24-7-5-23(6-8-24)9-10-25/h1-4,11-12,25H,5-10,20H2,(H,21,22,26). The van der Waals surface area contributed by atoms with Gasteiger partial charge in [0.05, 0.1) is 6.61 Å². The molecular weight excluding hydrogens is 353 g/mol. The van der Waals surface area contributed by atoms with Crippen molar-refractivity contribution in [2.45, 2.75) is 0 Å². The number of anilines is 2. The highest BCUT2D eigenvalue weighted by Crippen LogP contribution is 2.26. The van der Waals surface area contributed by atoms with Gasteiger partial charge >= 0.3 is 6.03 Å². The third-order valence-electron chi connectivity index (χ3n) is 4.23. The summed E-state index contributed by atoms with van der Waals surface area (Å²) in [5.41, 5.74) is 5.83. The second-order valence-electron chi connectivity index (χ2n) is 6.15. The number of aliphatic hydroxyl groups is 1. The van der Waals surface area contributed by atoms with Crippen LogP contribution in [0.15, 0.2) is 36.5 Å². The SMILES string of the molecule is Nc1ccc(Oc2ccnc(NC(=O)N3CCN(CCO)CC3)c2)c(F)c1. The third-order valence-corrected chi connectivity index (χ3v) is 4.23. The van der Waals surface area contributed by atoms with Gasteiger partial charge in [-0.15, -0.1) is 0 Å². The number of piperazine rings is 1. The number of nitrogen functional groups attached to an aromatic ring is 1. The molecule has 1 aromatic carbocycles.